The van der Waals surface area contributed by atoms with E-state index in [1.165, 1.54) is 11.8 Å². The highest BCUT2D eigenvalue weighted by Crippen LogP contribution is 2.24. The number of hydrogen-bond acceptors (Lipinski definition) is 5. The van der Waals surface area contributed by atoms with E-state index in [0.717, 1.165) is 17.1 Å². The van der Waals surface area contributed by atoms with E-state index >= 15 is 0 Å². The first-order valence-electron chi connectivity index (χ1n) is 6.71. The Balaban J connectivity index is 2.29. The lowest BCUT2D eigenvalue weighted by atomic mass is 10.1. The van der Waals surface area contributed by atoms with Gasteiger partial charge in [0.1, 0.15) is 12.3 Å². The van der Waals surface area contributed by atoms with Gasteiger partial charge in [-0.3, -0.25) is 4.79 Å². The molecule has 0 aliphatic carbocycles. The molecule has 2 aromatic heterocycles. The summed E-state index contributed by atoms with van der Waals surface area (Å²) in [5, 5.41) is 9.50. The molecule has 0 bridgehead atoms. The maximum absolute atomic E-state index is 10.7. The number of aryl methyl sites for hydroxylation is 2. The topological polar surface area (TPSA) is 81.2 Å². The van der Waals surface area contributed by atoms with E-state index in [-0.39, 0.29) is 11.7 Å². The summed E-state index contributed by atoms with van der Waals surface area (Å²) >= 11 is 1.21. The fourth-order valence-electron chi connectivity index (χ4n) is 1.97. The Morgan fingerprint density at radius 3 is 2.71 bits per heavy atom. The van der Waals surface area contributed by atoms with E-state index in [1.807, 2.05) is 18.4 Å². The van der Waals surface area contributed by atoms with Gasteiger partial charge in [0.25, 0.3) is 0 Å². The van der Waals surface area contributed by atoms with Gasteiger partial charge in [-0.2, -0.15) is 0 Å². The Labute approximate surface area is 127 Å². The molecule has 0 radical (unpaired) electrons. The number of aliphatic carboxylic acids is 1. The van der Waals surface area contributed by atoms with Crippen LogP contribution in [0.4, 0.5) is 0 Å². The van der Waals surface area contributed by atoms with Crippen molar-refractivity contribution >= 4 is 17.7 Å². The molecule has 0 aliphatic rings. The molecule has 2 heterocycles. The van der Waals surface area contributed by atoms with Crippen LogP contribution in [0.2, 0.25) is 0 Å². The fraction of sp³-hybridized carbons (Fsp3) is 0.500. The predicted molar refractivity (Wildman–Crippen MR) is 79.8 cm³/mol. The van der Waals surface area contributed by atoms with E-state index in [9.17, 15) is 4.79 Å². The quantitative estimate of drug-likeness (QED) is 0.826. The smallest absolute Gasteiger partial charge is 0.313 e. The molecule has 0 aliphatic heterocycles. The zero-order valence-corrected chi connectivity index (χ0v) is 13.4. The standard InChI is InChI=1S/C14H19N3O3S/c1-8(2)11-5-15-14(21-7-13(18)19)17(11)6-12-16-9(3)10(4)20-12/h5,8H,6-7H2,1-4H3,(H,18,19). The minimum Gasteiger partial charge on any atom is -0.481 e. The van der Waals surface area contributed by atoms with Crippen molar-refractivity contribution in [3.63, 3.8) is 0 Å². The van der Waals surface area contributed by atoms with Gasteiger partial charge >= 0.3 is 5.97 Å². The minimum atomic E-state index is -0.858. The number of carboxylic acid groups (broad SMARTS) is 1. The lowest BCUT2D eigenvalue weighted by Gasteiger charge is -2.11. The molecule has 0 spiro atoms. The second-order valence-corrected chi connectivity index (χ2v) is 6.08. The Morgan fingerprint density at radius 2 is 2.19 bits per heavy atom. The zero-order chi connectivity index (χ0) is 15.6. The van der Waals surface area contributed by atoms with Gasteiger partial charge in [0.2, 0.25) is 5.89 Å². The summed E-state index contributed by atoms with van der Waals surface area (Å²) < 4.78 is 7.59. The number of carbonyl (C=O) groups is 1. The molecule has 7 heteroatoms. The van der Waals surface area contributed by atoms with Crippen molar-refractivity contribution < 1.29 is 14.3 Å². The summed E-state index contributed by atoms with van der Waals surface area (Å²) in [6.07, 6.45) is 1.79. The first kappa shape index (κ1) is 15.6. The van der Waals surface area contributed by atoms with Crippen molar-refractivity contribution in [3.8, 4) is 0 Å². The summed E-state index contributed by atoms with van der Waals surface area (Å²) in [4.78, 5) is 19.5. The van der Waals surface area contributed by atoms with Gasteiger partial charge in [0, 0.05) is 11.9 Å². The van der Waals surface area contributed by atoms with Crippen molar-refractivity contribution in [1.29, 1.82) is 0 Å². The van der Waals surface area contributed by atoms with Crippen LogP contribution >= 0.6 is 11.8 Å². The van der Waals surface area contributed by atoms with Gasteiger partial charge in [-0.15, -0.1) is 0 Å². The van der Waals surface area contributed by atoms with E-state index < -0.39 is 5.97 Å². The van der Waals surface area contributed by atoms with Gasteiger partial charge in [-0.25, -0.2) is 9.97 Å². The number of aromatic nitrogens is 3. The van der Waals surface area contributed by atoms with E-state index in [0.29, 0.717) is 17.6 Å². The van der Waals surface area contributed by atoms with Crippen LogP contribution in [0.5, 0.6) is 0 Å². The van der Waals surface area contributed by atoms with Crippen LogP contribution in [0, 0.1) is 13.8 Å². The highest BCUT2D eigenvalue weighted by Gasteiger charge is 2.17. The van der Waals surface area contributed by atoms with Gasteiger partial charge in [0.05, 0.1) is 11.4 Å². The molecule has 2 rings (SSSR count). The van der Waals surface area contributed by atoms with Gasteiger partial charge in [-0.1, -0.05) is 25.6 Å². The van der Waals surface area contributed by atoms with Crippen LogP contribution in [0.1, 0.15) is 42.8 Å². The number of hydrogen-bond donors (Lipinski definition) is 1. The molecular formula is C14H19N3O3S. The largest absolute Gasteiger partial charge is 0.481 e. The summed E-state index contributed by atoms with van der Waals surface area (Å²) in [6, 6.07) is 0. The summed E-state index contributed by atoms with van der Waals surface area (Å²) in [5.74, 6) is 0.827. The maximum atomic E-state index is 10.7. The first-order valence-corrected chi connectivity index (χ1v) is 7.70. The average molecular weight is 309 g/mol. The molecule has 0 unspecified atom stereocenters. The third kappa shape index (κ3) is 3.66. The second-order valence-electron chi connectivity index (χ2n) is 5.14. The normalized spacial score (nSPS) is 11.3. The number of imidazole rings is 1. The molecule has 0 saturated carbocycles. The van der Waals surface area contributed by atoms with Crippen molar-refractivity contribution in [3.05, 3.63) is 29.2 Å². The molecule has 114 valence electrons. The summed E-state index contributed by atoms with van der Waals surface area (Å²) in [7, 11) is 0. The molecule has 2 aromatic rings. The van der Waals surface area contributed by atoms with E-state index in [4.69, 9.17) is 9.52 Å². The van der Waals surface area contributed by atoms with Crippen LogP contribution in [-0.4, -0.2) is 31.4 Å². The Morgan fingerprint density at radius 1 is 1.48 bits per heavy atom. The summed E-state index contributed by atoms with van der Waals surface area (Å²) in [6.45, 7) is 8.39. The fourth-order valence-corrected chi connectivity index (χ4v) is 2.68. The third-order valence-corrected chi connectivity index (χ3v) is 4.11. The molecule has 6 nitrogen and oxygen atoms in total. The number of carboxylic acids is 1. The van der Waals surface area contributed by atoms with Crippen LogP contribution in [-0.2, 0) is 11.3 Å². The zero-order valence-electron chi connectivity index (χ0n) is 12.6. The van der Waals surface area contributed by atoms with Crippen LogP contribution in [0.15, 0.2) is 15.8 Å². The van der Waals surface area contributed by atoms with Crippen LogP contribution < -0.4 is 0 Å². The van der Waals surface area contributed by atoms with Crippen molar-refractivity contribution in [2.45, 2.75) is 45.3 Å². The van der Waals surface area contributed by atoms with Crippen molar-refractivity contribution in [2.24, 2.45) is 0 Å². The van der Waals surface area contributed by atoms with E-state index in [2.05, 4.69) is 23.8 Å². The maximum Gasteiger partial charge on any atom is 0.313 e. The molecule has 1 N–H and O–H groups in total. The van der Waals surface area contributed by atoms with Gasteiger partial charge in [-0.05, 0) is 19.8 Å². The van der Waals surface area contributed by atoms with Gasteiger partial charge < -0.3 is 14.1 Å². The molecule has 0 saturated heterocycles. The van der Waals surface area contributed by atoms with Crippen molar-refractivity contribution in [1.82, 2.24) is 14.5 Å². The number of oxazole rings is 1. The van der Waals surface area contributed by atoms with Crippen LogP contribution in [0.3, 0.4) is 0 Å². The molecule has 0 amide bonds. The number of rotatable bonds is 6. The van der Waals surface area contributed by atoms with Gasteiger partial charge in [0.15, 0.2) is 5.16 Å². The average Bonchev–Trinajstić information content (AvgIpc) is 2.92. The minimum absolute atomic E-state index is 0.0157. The highest BCUT2D eigenvalue weighted by molar-refractivity contribution is 7.99. The first-order chi connectivity index (χ1) is 9.88. The molecule has 0 fully saturated rings. The molecular weight excluding hydrogens is 290 g/mol. The molecule has 0 aromatic carbocycles. The monoisotopic (exact) mass is 309 g/mol. The Hall–Kier alpha value is -1.76. The Bertz CT molecular complexity index is 626. The molecule has 0 atom stereocenters. The SMILES string of the molecule is Cc1nc(Cn2c(C(C)C)cnc2SCC(=O)O)oc1C. The lowest BCUT2D eigenvalue weighted by Crippen LogP contribution is -2.09. The highest BCUT2D eigenvalue weighted by atomic mass is 32.2. The van der Waals surface area contributed by atoms with E-state index in [1.54, 1.807) is 6.20 Å². The molecule has 21 heavy (non-hydrogen) atoms. The second kappa shape index (κ2) is 6.34. The predicted octanol–water partition coefficient (Wildman–Crippen LogP) is 2.84. The van der Waals surface area contributed by atoms with Crippen molar-refractivity contribution in [2.75, 3.05) is 5.75 Å². The number of thioether (sulfide) groups is 1. The Kier molecular flexibility index (Phi) is 4.72. The lowest BCUT2D eigenvalue weighted by molar-refractivity contribution is -0.133. The van der Waals surface area contributed by atoms with Crippen LogP contribution in [0.25, 0.3) is 0 Å². The summed E-state index contributed by atoms with van der Waals surface area (Å²) in [5.41, 5.74) is 1.91. The third-order valence-electron chi connectivity index (χ3n) is 3.13. The number of nitrogens with zero attached hydrogens (tertiary/aromatic N) is 3.